The molecular weight excluding hydrogens is 254 g/mol. The lowest BCUT2D eigenvalue weighted by Crippen LogP contribution is -1.95. The van der Waals surface area contributed by atoms with Crippen LogP contribution in [0.5, 0.6) is 0 Å². The lowest BCUT2D eigenvalue weighted by molar-refractivity contribution is 0.0697. The number of carboxylic acid groups (broad SMARTS) is 1. The summed E-state index contributed by atoms with van der Waals surface area (Å²) in [5, 5.41) is 16.0. The van der Waals surface area contributed by atoms with Gasteiger partial charge < -0.3 is 5.11 Å². The Bertz CT molecular complexity index is 751. The molecule has 0 spiro atoms. The van der Waals surface area contributed by atoms with Crippen LogP contribution in [-0.4, -0.2) is 26.3 Å². The molecule has 0 saturated carbocycles. The fourth-order valence-electron chi connectivity index (χ4n) is 2.06. The second-order valence-corrected chi connectivity index (χ2v) is 4.29. The third-order valence-corrected chi connectivity index (χ3v) is 3.01. The second-order valence-electron chi connectivity index (χ2n) is 4.29. The Kier molecular flexibility index (Phi) is 3.01. The van der Waals surface area contributed by atoms with Crippen molar-refractivity contribution in [2.24, 2.45) is 0 Å². The number of hydrogen-bond acceptors (Lipinski definition) is 3. The molecule has 0 aliphatic carbocycles. The maximum Gasteiger partial charge on any atom is 0.335 e. The standard InChI is InChI=1S/C15H11N3O2/c19-15(20)11-4-1-3-10(7-11)13-9-17-18-14(13)12-5-2-6-16-8-12/h1-9H,(H,17,18)(H,19,20). The first kappa shape index (κ1) is 12.1. The minimum Gasteiger partial charge on any atom is -0.478 e. The van der Waals surface area contributed by atoms with E-state index in [2.05, 4.69) is 15.2 Å². The highest BCUT2D eigenvalue weighted by molar-refractivity contribution is 5.90. The van der Waals surface area contributed by atoms with Crippen LogP contribution < -0.4 is 0 Å². The molecule has 3 aromatic rings. The molecule has 98 valence electrons. The van der Waals surface area contributed by atoms with Crippen LogP contribution in [0.4, 0.5) is 0 Å². The molecule has 0 aliphatic heterocycles. The van der Waals surface area contributed by atoms with Gasteiger partial charge in [0, 0.05) is 23.5 Å². The number of nitrogens with zero attached hydrogens (tertiary/aromatic N) is 2. The van der Waals surface area contributed by atoms with E-state index in [1.54, 1.807) is 36.8 Å². The molecule has 20 heavy (non-hydrogen) atoms. The molecule has 0 fully saturated rings. The van der Waals surface area contributed by atoms with Crippen molar-refractivity contribution in [1.82, 2.24) is 15.2 Å². The summed E-state index contributed by atoms with van der Waals surface area (Å²) < 4.78 is 0. The van der Waals surface area contributed by atoms with Crippen molar-refractivity contribution in [2.75, 3.05) is 0 Å². The van der Waals surface area contributed by atoms with Gasteiger partial charge in [-0.1, -0.05) is 12.1 Å². The first-order chi connectivity index (χ1) is 9.75. The van der Waals surface area contributed by atoms with Crippen molar-refractivity contribution in [2.45, 2.75) is 0 Å². The molecule has 1 aromatic carbocycles. The average molecular weight is 265 g/mol. The number of aromatic carboxylic acids is 1. The number of rotatable bonds is 3. The first-order valence-electron chi connectivity index (χ1n) is 6.03. The van der Waals surface area contributed by atoms with Crippen molar-refractivity contribution < 1.29 is 9.90 Å². The number of carboxylic acids is 1. The number of aromatic nitrogens is 3. The van der Waals surface area contributed by atoms with Crippen LogP contribution in [0, 0.1) is 0 Å². The summed E-state index contributed by atoms with van der Waals surface area (Å²) in [6.45, 7) is 0. The molecule has 2 N–H and O–H groups in total. The smallest absolute Gasteiger partial charge is 0.335 e. The molecule has 3 rings (SSSR count). The summed E-state index contributed by atoms with van der Waals surface area (Å²) in [5.41, 5.74) is 3.63. The van der Waals surface area contributed by atoms with E-state index in [-0.39, 0.29) is 5.56 Å². The molecule has 0 aliphatic rings. The number of aromatic amines is 1. The zero-order chi connectivity index (χ0) is 13.9. The second kappa shape index (κ2) is 4.97. The number of benzene rings is 1. The van der Waals surface area contributed by atoms with Gasteiger partial charge in [0.05, 0.1) is 17.5 Å². The Balaban J connectivity index is 2.10. The van der Waals surface area contributed by atoms with Crippen LogP contribution in [0.15, 0.2) is 55.0 Å². The molecule has 0 saturated heterocycles. The number of hydrogen-bond donors (Lipinski definition) is 2. The predicted molar refractivity (Wildman–Crippen MR) is 74.2 cm³/mol. The number of nitrogens with one attached hydrogen (secondary N) is 1. The molecule has 0 amide bonds. The van der Waals surface area contributed by atoms with Gasteiger partial charge in [-0.05, 0) is 29.8 Å². The average Bonchev–Trinajstić information content (AvgIpc) is 2.98. The quantitative estimate of drug-likeness (QED) is 0.763. The Labute approximate surface area is 114 Å². The first-order valence-corrected chi connectivity index (χ1v) is 6.03. The SMILES string of the molecule is O=C(O)c1cccc(-c2cn[nH]c2-c2cccnc2)c1. The van der Waals surface area contributed by atoms with E-state index in [0.29, 0.717) is 0 Å². The van der Waals surface area contributed by atoms with Crippen molar-refractivity contribution in [3.8, 4) is 22.4 Å². The van der Waals surface area contributed by atoms with Crippen LogP contribution in [0.2, 0.25) is 0 Å². The van der Waals surface area contributed by atoms with Crippen molar-refractivity contribution in [3.05, 3.63) is 60.6 Å². The highest BCUT2D eigenvalue weighted by Crippen LogP contribution is 2.29. The molecule has 0 radical (unpaired) electrons. The van der Waals surface area contributed by atoms with E-state index >= 15 is 0 Å². The van der Waals surface area contributed by atoms with Gasteiger partial charge in [-0.2, -0.15) is 5.10 Å². The van der Waals surface area contributed by atoms with Crippen molar-refractivity contribution in [1.29, 1.82) is 0 Å². The molecule has 0 atom stereocenters. The highest BCUT2D eigenvalue weighted by atomic mass is 16.4. The minimum atomic E-state index is -0.946. The maximum absolute atomic E-state index is 11.0. The summed E-state index contributed by atoms with van der Waals surface area (Å²) >= 11 is 0. The molecule has 5 nitrogen and oxygen atoms in total. The third-order valence-electron chi connectivity index (χ3n) is 3.01. The zero-order valence-corrected chi connectivity index (χ0v) is 10.4. The molecule has 0 unspecified atom stereocenters. The maximum atomic E-state index is 11.0. The van der Waals surface area contributed by atoms with Gasteiger partial charge in [-0.3, -0.25) is 10.1 Å². The van der Waals surface area contributed by atoms with Crippen LogP contribution >= 0.6 is 0 Å². The Morgan fingerprint density at radius 3 is 2.70 bits per heavy atom. The summed E-state index contributed by atoms with van der Waals surface area (Å²) in [5.74, 6) is -0.946. The Hall–Kier alpha value is -2.95. The predicted octanol–water partition coefficient (Wildman–Crippen LogP) is 2.84. The van der Waals surface area contributed by atoms with Gasteiger partial charge in [0.25, 0.3) is 0 Å². The Morgan fingerprint density at radius 2 is 1.95 bits per heavy atom. The summed E-state index contributed by atoms with van der Waals surface area (Å²) in [6.07, 6.45) is 5.12. The number of pyridine rings is 1. The van der Waals surface area contributed by atoms with Gasteiger partial charge in [-0.15, -0.1) is 0 Å². The zero-order valence-electron chi connectivity index (χ0n) is 10.4. The lowest BCUT2D eigenvalue weighted by atomic mass is 10.0. The van der Waals surface area contributed by atoms with Crippen LogP contribution in [0.25, 0.3) is 22.4 Å². The van der Waals surface area contributed by atoms with E-state index in [1.807, 2.05) is 18.2 Å². The van der Waals surface area contributed by atoms with Crippen molar-refractivity contribution in [3.63, 3.8) is 0 Å². The normalized spacial score (nSPS) is 10.4. The number of H-pyrrole nitrogens is 1. The van der Waals surface area contributed by atoms with Gasteiger partial charge in [0.15, 0.2) is 0 Å². The molecule has 5 heteroatoms. The Morgan fingerprint density at radius 1 is 1.10 bits per heavy atom. The van der Waals surface area contributed by atoms with Gasteiger partial charge >= 0.3 is 5.97 Å². The van der Waals surface area contributed by atoms with Crippen LogP contribution in [-0.2, 0) is 0 Å². The summed E-state index contributed by atoms with van der Waals surface area (Å²) in [6, 6.07) is 10.5. The number of carbonyl (C=O) groups is 1. The molecule has 0 bridgehead atoms. The topological polar surface area (TPSA) is 78.9 Å². The van der Waals surface area contributed by atoms with Gasteiger partial charge in [0.1, 0.15) is 0 Å². The van der Waals surface area contributed by atoms with E-state index in [9.17, 15) is 4.79 Å². The van der Waals surface area contributed by atoms with E-state index in [4.69, 9.17) is 5.11 Å². The fraction of sp³-hybridized carbons (Fsp3) is 0. The lowest BCUT2D eigenvalue weighted by Gasteiger charge is -2.04. The molecule has 2 aromatic heterocycles. The highest BCUT2D eigenvalue weighted by Gasteiger charge is 2.11. The minimum absolute atomic E-state index is 0.251. The van der Waals surface area contributed by atoms with Gasteiger partial charge in [0.2, 0.25) is 0 Å². The monoisotopic (exact) mass is 265 g/mol. The molecule has 2 heterocycles. The van der Waals surface area contributed by atoms with Crippen LogP contribution in [0.3, 0.4) is 0 Å². The van der Waals surface area contributed by atoms with Gasteiger partial charge in [-0.25, -0.2) is 4.79 Å². The summed E-state index contributed by atoms with van der Waals surface area (Å²) in [4.78, 5) is 15.1. The van der Waals surface area contributed by atoms with Crippen LogP contribution in [0.1, 0.15) is 10.4 Å². The van der Waals surface area contributed by atoms with E-state index in [1.165, 1.54) is 0 Å². The fourth-order valence-corrected chi connectivity index (χ4v) is 2.06. The molecular formula is C15H11N3O2. The van der Waals surface area contributed by atoms with E-state index < -0.39 is 5.97 Å². The van der Waals surface area contributed by atoms with Crippen molar-refractivity contribution >= 4 is 5.97 Å². The van der Waals surface area contributed by atoms with E-state index in [0.717, 1.165) is 22.4 Å². The third kappa shape index (κ3) is 2.16. The largest absolute Gasteiger partial charge is 0.478 e. The summed E-state index contributed by atoms with van der Waals surface area (Å²) in [7, 11) is 0.